The van der Waals surface area contributed by atoms with E-state index in [-0.39, 0.29) is 34.8 Å². The summed E-state index contributed by atoms with van der Waals surface area (Å²) in [5, 5.41) is 10.0. The molecule has 1 saturated heterocycles. The Morgan fingerprint density at radius 2 is 1.59 bits per heavy atom. The normalized spacial score (nSPS) is 21.1. The van der Waals surface area contributed by atoms with Gasteiger partial charge in [0.2, 0.25) is 11.8 Å². The molecule has 2 aromatic rings. The summed E-state index contributed by atoms with van der Waals surface area (Å²) in [4.78, 5) is 27.1. The van der Waals surface area contributed by atoms with Crippen molar-refractivity contribution in [2.75, 3.05) is 0 Å². The van der Waals surface area contributed by atoms with E-state index < -0.39 is 12.0 Å². The van der Waals surface area contributed by atoms with E-state index in [0.717, 1.165) is 31.2 Å². The minimum atomic E-state index is -0.599. The predicted molar refractivity (Wildman–Crippen MR) is 156 cm³/mol. The molecular formula is C33H46FN3O2. The van der Waals surface area contributed by atoms with Crippen molar-refractivity contribution in [2.45, 2.75) is 115 Å². The lowest BCUT2D eigenvalue weighted by molar-refractivity contribution is -0.130. The van der Waals surface area contributed by atoms with Gasteiger partial charge in [0.1, 0.15) is 11.9 Å². The van der Waals surface area contributed by atoms with Gasteiger partial charge < -0.3 is 16.0 Å². The Balaban J connectivity index is 1.47. The van der Waals surface area contributed by atoms with Gasteiger partial charge in [0, 0.05) is 22.7 Å². The number of rotatable bonds is 8. The molecule has 3 N–H and O–H groups in total. The molecule has 0 spiro atoms. The predicted octanol–water partition coefficient (Wildman–Crippen LogP) is 6.48. The van der Waals surface area contributed by atoms with Crippen LogP contribution in [0.4, 0.5) is 4.39 Å². The van der Waals surface area contributed by atoms with Gasteiger partial charge in [-0.1, -0.05) is 74.6 Å². The van der Waals surface area contributed by atoms with Crippen LogP contribution in [-0.4, -0.2) is 35.0 Å². The van der Waals surface area contributed by atoms with E-state index >= 15 is 4.39 Å². The highest BCUT2D eigenvalue weighted by Crippen LogP contribution is 2.31. The number of hydrogen-bond donors (Lipinski definition) is 3. The Hall–Kier alpha value is -2.73. The number of nitrogens with one attached hydrogen (secondary N) is 3. The lowest BCUT2D eigenvalue weighted by atomic mass is 9.79. The molecule has 4 rings (SSSR count). The van der Waals surface area contributed by atoms with Crippen LogP contribution in [0, 0.1) is 11.7 Å². The van der Waals surface area contributed by atoms with Gasteiger partial charge in [-0.3, -0.25) is 9.59 Å². The third kappa shape index (κ3) is 7.91. The van der Waals surface area contributed by atoms with Crippen LogP contribution in [-0.2, 0) is 9.59 Å². The van der Waals surface area contributed by atoms with Gasteiger partial charge in [-0.05, 0) is 77.0 Å². The summed E-state index contributed by atoms with van der Waals surface area (Å²) in [5.74, 6) is -0.864. The largest absolute Gasteiger partial charge is 0.351 e. The Morgan fingerprint density at radius 3 is 2.21 bits per heavy atom. The first-order valence-corrected chi connectivity index (χ1v) is 14.7. The number of hydrogen-bond acceptors (Lipinski definition) is 3. The highest BCUT2D eigenvalue weighted by molar-refractivity contribution is 5.90. The zero-order chi connectivity index (χ0) is 28.2. The molecule has 1 heterocycles. The zero-order valence-electron chi connectivity index (χ0n) is 24.3. The maximum absolute atomic E-state index is 15.0. The lowest BCUT2D eigenvalue weighted by Gasteiger charge is -2.47. The maximum Gasteiger partial charge on any atom is 0.242 e. The van der Waals surface area contributed by atoms with E-state index in [4.69, 9.17) is 0 Å². The van der Waals surface area contributed by atoms with Crippen LogP contribution in [0.5, 0.6) is 0 Å². The highest BCUT2D eigenvalue weighted by Gasteiger charge is 2.39. The van der Waals surface area contributed by atoms with Crippen LogP contribution in [0.1, 0.15) is 97.5 Å². The van der Waals surface area contributed by atoms with Gasteiger partial charge in [-0.25, -0.2) is 4.39 Å². The summed E-state index contributed by atoms with van der Waals surface area (Å²) in [6, 6.07) is 13.8. The van der Waals surface area contributed by atoms with E-state index in [0.29, 0.717) is 23.5 Å². The molecule has 1 unspecified atom stereocenters. The van der Waals surface area contributed by atoms with Crippen LogP contribution in [0.15, 0.2) is 48.5 Å². The van der Waals surface area contributed by atoms with Crippen molar-refractivity contribution in [2.24, 2.45) is 5.92 Å². The van der Waals surface area contributed by atoms with Gasteiger partial charge in [-0.2, -0.15) is 0 Å². The summed E-state index contributed by atoms with van der Waals surface area (Å²) in [6.07, 6.45) is 8.07. The van der Waals surface area contributed by atoms with Crippen LogP contribution in [0.3, 0.4) is 0 Å². The average molecular weight is 536 g/mol. The molecule has 0 radical (unpaired) electrons. The second-order valence-electron chi connectivity index (χ2n) is 13.1. The first-order valence-electron chi connectivity index (χ1n) is 14.7. The molecule has 2 amide bonds. The van der Waals surface area contributed by atoms with Gasteiger partial charge in [0.15, 0.2) is 0 Å². The minimum absolute atomic E-state index is 0.0339. The topological polar surface area (TPSA) is 70.2 Å². The minimum Gasteiger partial charge on any atom is -0.351 e. The summed E-state index contributed by atoms with van der Waals surface area (Å²) in [6.45, 7) is 10.4. The standard InChI is InChI=1S/C33H46FN3O2/c1-22(25-16-17-27(28(34)19-25)24-14-10-7-11-15-24)30(38)36-29(18-23-12-8-6-9-13-23)31(39)35-26-20-32(2,3)37-33(4,5)21-26/h7,10-11,14-17,19,22-23,26,29,37H,6,8-9,12-13,18,20-21H2,1-5H3,(H,35,39)(H,36,38)/t22?,29-/m0/s1. The monoisotopic (exact) mass is 535 g/mol. The van der Waals surface area contributed by atoms with Crippen molar-refractivity contribution in [3.8, 4) is 11.1 Å². The summed E-state index contributed by atoms with van der Waals surface area (Å²) in [7, 11) is 0. The molecule has 2 aliphatic rings. The molecule has 1 aliphatic heterocycles. The number of benzene rings is 2. The average Bonchev–Trinajstić information content (AvgIpc) is 2.87. The van der Waals surface area contributed by atoms with Crippen molar-refractivity contribution in [1.29, 1.82) is 0 Å². The number of piperidine rings is 1. The van der Waals surface area contributed by atoms with Crippen LogP contribution < -0.4 is 16.0 Å². The molecule has 1 saturated carbocycles. The molecule has 6 heteroatoms. The molecule has 0 aromatic heterocycles. The molecule has 2 atom stereocenters. The van der Waals surface area contributed by atoms with Gasteiger partial charge in [-0.15, -0.1) is 0 Å². The van der Waals surface area contributed by atoms with Crippen molar-refractivity contribution in [3.05, 3.63) is 59.9 Å². The Morgan fingerprint density at radius 1 is 0.949 bits per heavy atom. The second kappa shape index (κ2) is 12.2. The number of carbonyl (C=O) groups is 2. The fourth-order valence-corrected chi connectivity index (χ4v) is 6.81. The fraction of sp³-hybridized carbons (Fsp3) is 0.576. The number of carbonyl (C=O) groups excluding carboxylic acids is 2. The van der Waals surface area contributed by atoms with Crippen molar-refractivity contribution in [1.82, 2.24) is 16.0 Å². The number of amides is 2. The molecule has 212 valence electrons. The van der Waals surface area contributed by atoms with Crippen LogP contribution in [0.2, 0.25) is 0 Å². The van der Waals surface area contributed by atoms with E-state index in [2.05, 4.69) is 43.6 Å². The fourth-order valence-electron chi connectivity index (χ4n) is 6.81. The van der Waals surface area contributed by atoms with Gasteiger partial charge >= 0.3 is 0 Å². The van der Waals surface area contributed by atoms with E-state index in [1.165, 1.54) is 25.3 Å². The SMILES string of the molecule is CC(C(=O)N[C@@H](CC1CCCCC1)C(=O)NC1CC(C)(C)NC(C)(C)C1)c1ccc(-c2ccccc2)c(F)c1. The Kier molecular flexibility index (Phi) is 9.15. The van der Waals surface area contributed by atoms with Crippen LogP contribution in [0.25, 0.3) is 11.1 Å². The smallest absolute Gasteiger partial charge is 0.242 e. The van der Waals surface area contributed by atoms with Gasteiger partial charge in [0.25, 0.3) is 0 Å². The molecule has 5 nitrogen and oxygen atoms in total. The molecule has 2 fully saturated rings. The molecular weight excluding hydrogens is 489 g/mol. The molecule has 39 heavy (non-hydrogen) atoms. The quantitative estimate of drug-likeness (QED) is 0.363. The van der Waals surface area contributed by atoms with E-state index in [1.807, 2.05) is 36.4 Å². The first kappa shape index (κ1) is 29.3. The highest BCUT2D eigenvalue weighted by atomic mass is 19.1. The number of halogens is 1. The molecule has 0 bridgehead atoms. The molecule has 1 aliphatic carbocycles. The summed E-state index contributed by atoms with van der Waals surface area (Å²) >= 11 is 0. The second-order valence-corrected chi connectivity index (χ2v) is 13.1. The third-order valence-electron chi connectivity index (χ3n) is 8.43. The Bertz CT molecular complexity index is 1120. The lowest BCUT2D eigenvalue weighted by Crippen LogP contribution is -2.63. The molecule has 2 aromatic carbocycles. The van der Waals surface area contributed by atoms with E-state index in [9.17, 15) is 9.59 Å². The Labute approximate surface area is 233 Å². The van der Waals surface area contributed by atoms with Gasteiger partial charge in [0.05, 0.1) is 5.92 Å². The van der Waals surface area contributed by atoms with E-state index in [1.54, 1.807) is 13.0 Å². The third-order valence-corrected chi connectivity index (χ3v) is 8.43. The van der Waals surface area contributed by atoms with Crippen molar-refractivity contribution < 1.29 is 14.0 Å². The first-order chi connectivity index (χ1) is 18.4. The van der Waals surface area contributed by atoms with Crippen LogP contribution >= 0.6 is 0 Å². The van der Waals surface area contributed by atoms with Crippen molar-refractivity contribution in [3.63, 3.8) is 0 Å². The zero-order valence-corrected chi connectivity index (χ0v) is 24.3. The van der Waals surface area contributed by atoms with Crippen molar-refractivity contribution >= 4 is 11.8 Å². The summed E-state index contributed by atoms with van der Waals surface area (Å²) < 4.78 is 15.0. The summed E-state index contributed by atoms with van der Waals surface area (Å²) in [5.41, 5.74) is 1.73. The maximum atomic E-state index is 15.0.